The molecule has 0 bridgehead atoms. The van der Waals surface area contributed by atoms with Gasteiger partial charge in [-0.3, -0.25) is 0 Å². The molecule has 47 valence electrons. The molecule has 1 aromatic carbocycles. The van der Waals surface area contributed by atoms with Crippen LogP contribution >= 0.6 is 0 Å². The molecule has 1 rings (SSSR count). The summed E-state index contributed by atoms with van der Waals surface area (Å²) in [6, 6.07) is 7.80. The summed E-state index contributed by atoms with van der Waals surface area (Å²) in [4.78, 5) is 0. The van der Waals surface area contributed by atoms with E-state index in [0.29, 0.717) is 0 Å². The third-order valence-corrected chi connectivity index (χ3v) is 1.78. The monoisotopic (exact) mass is 187 g/mol. The SMILES string of the molecule is COc1ccccc1[Se]. The Balaban J connectivity index is 3.01. The summed E-state index contributed by atoms with van der Waals surface area (Å²) in [6.07, 6.45) is 0. The normalized spacial score (nSPS) is 9.00. The van der Waals surface area contributed by atoms with E-state index in [0.717, 1.165) is 10.2 Å². The van der Waals surface area contributed by atoms with Crippen molar-refractivity contribution in [2.45, 2.75) is 0 Å². The van der Waals surface area contributed by atoms with E-state index in [9.17, 15) is 0 Å². The van der Waals surface area contributed by atoms with E-state index in [2.05, 4.69) is 16.0 Å². The van der Waals surface area contributed by atoms with E-state index in [4.69, 9.17) is 4.74 Å². The average molecular weight is 186 g/mol. The summed E-state index contributed by atoms with van der Waals surface area (Å²) in [5.74, 6) is 0.900. The molecule has 0 saturated heterocycles. The number of rotatable bonds is 1. The van der Waals surface area contributed by atoms with Gasteiger partial charge in [0, 0.05) is 0 Å². The van der Waals surface area contributed by atoms with Crippen LogP contribution in [0.25, 0.3) is 0 Å². The van der Waals surface area contributed by atoms with Crippen molar-refractivity contribution in [2.75, 3.05) is 7.11 Å². The van der Waals surface area contributed by atoms with Crippen molar-refractivity contribution in [3.05, 3.63) is 24.3 Å². The number of benzene rings is 1. The molecular formula is C7H7OSe. The molecule has 0 unspecified atom stereocenters. The minimum atomic E-state index is 0.900. The van der Waals surface area contributed by atoms with Gasteiger partial charge in [0.05, 0.1) is 0 Å². The molecule has 0 aliphatic heterocycles. The molecule has 1 nitrogen and oxygen atoms in total. The fourth-order valence-corrected chi connectivity index (χ4v) is 1.10. The Morgan fingerprint density at radius 1 is 1.33 bits per heavy atom. The van der Waals surface area contributed by atoms with Gasteiger partial charge in [-0.25, -0.2) is 0 Å². The third kappa shape index (κ3) is 1.47. The average Bonchev–Trinajstić information content (AvgIpc) is 1.89. The Kier molecular flexibility index (Phi) is 2.15. The molecule has 0 aliphatic carbocycles. The molecule has 0 aliphatic rings. The van der Waals surface area contributed by atoms with Crippen LogP contribution in [0, 0.1) is 0 Å². The van der Waals surface area contributed by atoms with Crippen LogP contribution in [0.3, 0.4) is 0 Å². The molecule has 1 radical (unpaired) electrons. The van der Waals surface area contributed by atoms with Gasteiger partial charge < -0.3 is 0 Å². The first kappa shape index (κ1) is 6.66. The van der Waals surface area contributed by atoms with E-state index >= 15 is 0 Å². The number of hydrogen-bond donors (Lipinski definition) is 0. The second-order valence-corrected chi connectivity index (χ2v) is 2.57. The zero-order valence-corrected chi connectivity index (χ0v) is 6.84. The van der Waals surface area contributed by atoms with Crippen LogP contribution in [-0.2, 0) is 0 Å². The van der Waals surface area contributed by atoms with E-state index in [-0.39, 0.29) is 0 Å². The van der Waals surface area contributed by atoms with Crippen LogP contribution in [0.1, 0.15) is 0 Å². The van der Waals surface area contributed by atoms with Crippen molar-refractivity contribution in [1.29, 1.82) is 0 Å². The summed E-state index contributed by atoms with van der Waals surface area (Å²) < 4.78 is 6.07. The van der Waals surface area contributed by atoms with Gasteiger partial charge >= 0.3 is 62.3 Å². The first-order valence-electron chi connectivity index (χ1n) is 2.64. The second-order valence-electron chi connectivity index (χ2n) is 1.65. The summed E-state index contributed by atoms with van der Waals surface area (Å²) >= 11 is 2.90. The Morgan fingerprint density at radius 3 is 2.44 bits per heavy atom. The van der Waals surface area contributed by atoms with E-state index in [1.807, 2.05) is 24.3 Å². The minimum absolute atomic E-state index is 0.900. The molecule has 0 atom stereocenters. The fourth-order valence-electron chi connectivity index (χ4n) is 0.619. The predicted molar refractivity (Wildman–Crippen MR) is 38.4 cm³/mol. The van der Waals surface area contributed by atoms with E-state index in [1.165, 1.54) is 0 Å². The van der Waals surface area contributed by atoms with Gasteiger partial charge in [-0.15, -0.1) is 0 Å². The summed E-state index contributed by atoms with van der Waals surface area (Å²) in [6.45, 7) is 0. The third-order valence-electron chi connectivity index (χ3n) is 1.07. The van der Waals surface area contributed by atoms with Crippen LogP contribution in [-0.4, -0.2) is 23.1 Å². The van der Waals surface area contributed by atoms with Gasteiger partial charge in [-0.05, 0) is 0 Å². The molecule has 9 heavy (non-hydrogen) atoms. The maximum absolute atomic E-state index is 5.01. The van der Waals surface area contributed by atoms with Crippen molar-refractivity contribution in [2.24, 2.45) is 0 Å². The molecule has 0 fully saturated rings. The standard InChI is InChI=1S/C7H7OSe/c1-8-6-4-2-3-5-7(6)9/h2-5H,1H3. The number of ether oxygens (including phenoxy) is 1. The Hall–Kier alpha value is -0.461. The van der Waals surface area contributed by atoms with E-state index in [1.54, 1.807) is 7.11 Å². The quantitative estimate of drug-likeness (QED) is 0.580. The molecule has 1 aromatic rings. The van der Waals surface area contributed by atoms with Crippen LogP contribution in [0.15, 0.2) is 24.3 Å². The van der Waals surface area contributed by atoms with Gasteiger partial charge in [0.15, 0.2) is 0 Å². The van der Waals surface area contributed by atoms with Crippen LogP contribution in [0.5, 0.6) is 5.75 Å². The van der Waals surface area contributed by atoms with Gasteiger partial charge in [0.25, 0.3) is 0 Å². The zero-order chi connectivity index (χ0) is 6.69. The van der Waals surface area contributed by atoms with Gasteiger partial charge in [-0.1, -0.05) is 0 Å². The molecule has 0 aromatic heterocycles. The topological polar surface area (TPSA) is 9.23 Å². The van der Waals surface area contributed by atoms with Crippen molar-refractivity contribution in [1.82, 2.24) is 0 Å². The molecule has 2 heteroatoms. The Bertz CT molecular complexity index is 198. The summed E-state index contributed by atoms with van der Waals surface area (Å²) in [5, 5.41) is 0. The predicted octanol–water partition coefficient (Wildman–Crippen LogP) is 0.489. The van der Waals surface area contributed by atoms with Crippen LogP contribution in [0.4, 0.5) is 0 Å². The summed E-state index contributed by atoms with van der Waals surface area (Å²) in [5.41, 5.74) is 0. The van der Waals surface area contributed by atoms with Gasteiger partial charge in [-0.2, -0.15) is 0 Å². The first-order chi connectivity index (χ1) is 4.34. The summed E-state index contributed by atoms with van der Waals surface area (Å²) in [7, 11) is 1.66. The number of methoxy groups -OCH3 is 1. The second kappa shape index (κ2) is 2.90. The van der Waals surface area contributed by atoms with Crippen LogP contribution < -0.4 is 9.20 Å². The van der Waals surface area contributed by atoms with Crippen molar-refractivity contribution in [3.8, 4) is 5.75 Å². The van der Waals surface area contributed by atoms with Crippen molar-refractivity contribution in [3.63, 3.8) is 0 Å². The van der Waals surface area contributed by atoms with Crippen molar-refractivity contribution < 1.29 is 4.74 Å². The molecule has 0 amide bonds. The number of para-hydroxylation sites is 1. The van der Waals surface area contributed by atoms with Crippen molar-refractivity contribution >= 4 is 20.5 Å². The Morgan fingerprint density at radius 2 is 2.00 bits per heavy atom. The molecule has 0 saturated carbocycles. The fraction of sp³-hybridized carbons (Fsp3) is 0.143. The molecule has 0 N–H and O–H groups in total. The van der Waals surface area contributed by atoms with Gasteiger partial charge in [0.1, 0.15) is 0 Å². The zero-order valence-electron chi connectivity index (χ0n) is 5.13. The van der Waals surface area contributed by atoms with Gasteiger partial charge in [0.2, 0.25) is 0 Å². The van der Waals surface area contributed by atoms with Crippen LogP contribution in [0.2, 0.25) is 0 Å². The Labute approximate surface area is 62.8 Å². The molecular weight excluding hydrogens is 179 g/mol. The number of hydrogen-bond acceptors (Lipinski definition) is 1. The maximum atomic E-state index is 5.01. The molecule has 0 heterocycles. The van der Waals surface area contributed by atoms with E-state index < -0.39 is 0 Å². The molecule has 0 spiro atoms. The first-order valence-corrected chi connectivity index (χ1v) is 3.50.